The quantitative estimate of drug-likeness (QED) is 0.224. The van der Waals surface area contributed by atoms with E-state index in [9.17, 15) is 4.79 Å². The number of carbonyl (C=O) groups excluding carboxylic acids is 1. The van der Waals surface area contributed by atoms with Crippen LogP contribution in [0.25, 0.3) is 10.9 Å². The van der Waals surface area contributed by atoms with Crippen molar-refractivity contribution in [3.63, 3.8) is 0 Å². The van der Waals surface area contributed by atoms with Crippen LogP contribution in [0.2, 0.25) is 0 Å². The van der Waals surface area contributed by atoms with Crippen molar-refractivity contribution in [2.75, 3.05) is 16.8 Å². The topological polar surface area (TPSA) is 59.8 Å². The van der Waals surface area contributed by atoms with Gasteiger partial charge in [0.2, 0.25) is 11.0 Å². The molecule has 0 bridgehead atoms. The van der Waals surface area contributed by atoms with Crippen LogP contribution in [0.3, 0.4) is 0 Å². The maximum absolute atomic E-state index is 12.4. The highest BCUT2D eigenvalue weighted by Gasteiger charge is 2.13. The van der Waals surface area contributed by atoms with E-state index >= 15 is 0 Å². The predicted molar refractivity (Wildman–Crippen MR) is 131 cm³/mol. The fourth-order valence-corrected chi connectivity index (χ4v) is 5.80. The minimum absolute atomic E-state index is 0.0751. The summed E-state index contributed by atoms with van der Waals surface area (Å²) < 4.78 is 4.18. The summed E-state index contributed by atoms with van der Waals surface area (Å²) in [4.78, 5) is 13.5. The number of rotatable bonds is 8. The van der Waals surface area contributed by atoms with Crippen molar-refractivity contribution in [3.05, 3.63) is 64.8 Å². The molecule has 0 aliphatic heterocycles. The molecule has 0 aliphatic carbocycles. The molecule has 0 fully saturated rings. The number of hydrogen-bond acceptors (Lipinski definition) is 6. The maximum Gasteiger partial charge on any atom is 0.236 e. The number of hydrogen-bond donors (Lipinski definition) is 1. The molecule has 1 N–H and O–H groups in total. The van der Waals surface area contributed by atoms with Gasteiger partial charge in [-0.05, 0) is 29.5 Å². The van der Waals surface area contributed by atoms with Crippen LogP contribution >= 0.6 is 50.8 Å². The first-order chi connectivity index (χ1) is 14.6. The Hall–Kier alpha value is -1.81. The third-order valence-electron chi connectivity index (χ3n) is 4.30. The molecule has 2 heterocycles. The first-order valence-corrected chi connectivity index (χ1v) is 12.9. The van der Waals surface area contributed by atoms with Crippen molar-refractivity contribution in [1.29, 1.82) is 0 Å². The molecule has 0 radical (unpaired) electrons. The smallest absolute Gasteiger partial charge is 0.236 e. The zero-order valence-corrected chi connectivity index (χ0v) is 20.2. The number of nitrogens with one attached hydrogen (secondary N) is 1. The molecular formula is C21H19BrN4OS3. The molecule has 30 heavy (non-hydrogen) atoms. The maximum atomic E-state index is 12.4. The molecule has 0 spiro atoms. The number of amides is 1. The van der Waals surface area contributed by atoms with Gasteiger partial charge in [0.15, 0.2) is 4.34 Å². The van der Waals surface area contributed by atoms with E-state index < -0.39 is 0 Å². The molecule has 0 saturated carbocycles. The second kappa shape index (κ2) is 10.00. The van der Waals surface area contributed by atoms with Crippen LogP contribution in [0.15, 0.2) is 68.4 Å². The van der Waals surface area contributed by atoms with Crippen molar-refractivity contribution < 1.29 is 4.79 Å². The SMILES string of the molecule is CCSc1nnc(NC(=O)CSc2cn(Cc3ccc(Br)cc3)c3ccccc23)s1. The summed E-state index contributed by atoms with van der Waals surface area (Å²) in [6.45, 7) is 2.84. The fraction of sp³-hybridized carbons (Fsp3) is 0.190. The van der Waals surface area contributed by atoms with Crippen LogP contribution < -0.4 is 5.32 Å². The van der Waals surface area contributed by atoms with Crippen molar-refractivity contribution in [1.82, 2.24) is 14.8 Å². The molecule has 2 aromatic carbocycles. The van der Waals surface area contributed by atoms with E-state index in [1.54, 1.807) is 11.8 Å². The van der Waals surface area contributed by atoms with E-state index in [1.165, 1.54) is 28.7 Å². The number of benzene rings is 2. The summed E-state index contributed by atoms with van der Waals surface area (Å²) in [5.41, 5.74) is 2.39. The summed E-state index contributed by atoms with van der Waals surface area (Å²) in [7, 11) is 0. The van der Waals surface area contributed by atoms with E-state index in [0.29, 0.717) is 10.9 Å². The zero-order chi connectivity index (χ0) is 20.9. The molecule has 9 heteroatoms. The minimum atomic E-state index is -0.0751. The summed E-state index contributed by atoms with van der Waals surface area (Å²) in [5, 5.41) is 12.7. The average molecular weight is 520 g/mol. The number of anilines is 1. The van der Waals surface area contributed by atoms with Gasteiger partial charge in [0.05, 0.1) is 5.75 Å². The van der Waals surface area contributed by atoms with Crippen LogP contribution in [0.5, 0.6) is 0 Å². The molecule has 0 saturated heterocycles. The van der Waals surface area contributed by atoms with Gasteiger partial charge < -0.3 is 4.57 Å². The van der Waals surface area contributed by atoms with Crippen LogP contribution in [0, 0.1) is 0 Å². The molecular weight excluding hydrogens is 500 g/mol. The lowest BCUT2D eigenvalue weighted by Crippen LogP contribution is -2.13. The molecule has 5 nitrogen and oxygen atoms in total. The number of nitrogens with zero attached hydrogens (tertiary/aromatic N) is 3. The molecule has 0 atom stereocenters. The van der Waals surface area contributed by atoms with Gasteiger partial charge in [-0.2, -0.15) is 0 Å². The first-order valence-electron chi connectivity index (χ1n) is 9.33. The second-order valence-corrected chi connectivity index (χ2v) is 10.8. The number of aromatic nitrogens is 3. The lowest BCUT2D eigenvalue weighted by atomic mass is 10.2. The summed E-state index contributed by atoms with van der Waals surface area (Å²) >= 11 is 8.05. The lowest BCUT2D eigenvalue weighted by molar-refractivity contribution is -0.113. The summed E-state index contributed by atoms with van der Waals surface area (Å²) in [6, 6.07) is 16.6. The molecule has 2 aromatic heterocycles. The molecule has 1 amide bonds. The van der Waals surface area contributed by atoms with Crippen molar-refractivity contribution in [2.24, 2.45) is 0 Å². The highest BCUT2D eigenvalue weighted by molar-refractivity contribution is 9.10. The summed E-state index contributed by atoms with van der Waals surface area (Å²) in [5.74, 6) is 1.18. The molecule has 0 aliphatic rings. The molecule has 154 valence electrons. The van der Waals surface area contributed by atoms with Crippen LogP contribution in [-0.2, 0) is 11.3 Å². The standard InChI is InChI=1S/C21H19BrN4OS3/c1-2-28-21-25-24-20(30-21)23-19(27)13-29-18-12-26(17-6-4-3-5-16(17)18)11-14-7-9-15(22)10-8-14/h3-10,12H,2,11,13H2,1H3,(H,23,24,27). The van der Waals surface area contributed by atoms with Gasteiger partial charge >= 0.3 is 0 Å². The normalized spacial score (nSPS) is 11.1. The zero-order valence-electron chi connectivity index (χ0n) is 16.2. The fourth-order valence-electron chi connectivity index (χ4n) is 2.99. The van der Waals surface area contributed by atoms with Crippen molar-refractivity contribution in [3.8, 4) is 0 Å². The van der Waals surface area contributed by atoms with Gasteiger partial charge in [-0.25, -0.2) is 0 Å². The average Bonchev–Trinajstić information content (AvgIpc) is 3.33. The Bertz CT molecular complexity index is 1160. The van der Waals surface area contributed by atoms with Gasteiger partial charge in [-0.3, -0.25) is 10.1 Å². The summed E-state index contributed by atoms with van der Waals surface area (Å²) in [6.07, 6.45) is 2.13. The highest BCUT2D eigenvalue weighted by atomic mass is 79.9. The molecule has 4 rings (SSSR count). The third kappa shape index (κ3) is 5.26. The minimum Gasteiger partial charge on any atom is -0.342 e. The van der Waals surface area contributed by atoms with E-state index in [2.05, 4.69) is 85.5 Å². The Labute approximate surface area is 195 Å². The Morgan fingerprint density at radius 3 is 2.73 bits per heavy atom. The number of fused-ring (bicyclic) bond motifs is 1. The largest absolute Gasteiger partial charge is 0.342 e. The molecule has 0 unspecified atom stereocenters. The molecule has 4 aromatic rings. The Balaban J connectivity index is 1.45. The van der Waals surface area contributed by atoms with E-state index in [4.69, 9.17) is 0 Å². The monoisotopic (exact) mass is 518 g/mol. The van der Waals surface area contributed by atoms with Gasteiger partial charge in [0.25, 0.3) is 0 Å². The van der Waals surface area contributed by atoms with Crippen LogP contribution in [-0.4, -0.2) is 32.2 Å². The van der Waals surface area contributed by atoms with Crippen molar-refractivity contribution >= 4 is 72.7 Å². The van der Waals surface area contributed by atoms with Gasteiger partial charge in [-0.1, -0.05) is 76.3 Å². The first kappa shape index (κ1) is 21.4. The Morgan fingerprint density at radius 2 is 1.93 bits per heavy atom. The van der Waals surface area contributed by atoms with Gasteiger partial charge in [-0.15, -0.1) is 22.0 Å². The van der Waals surface area contributed by atoms with Crippen LogP contribution in [0.1, 0.15) is 12.5 Å². The Kier molecular flexibility index (Phi) is 7.14. The van der Waals surface area contributed by atoms with Gasteiger partial charge in [0.1, 0.15) is 0 Å². The number of carbonyl (C=O) groups is 1. The predicted octanol–water partition coefficient (Wildman–Crippen LogP) is 6.15. The number of para-hydroxylation sites is 1. The van der Waals surface area contributed by atoms with Crippen LogP contribution in [0.4, 0.5) is 5.13 Å². The van der Waals surface area contributed by atoms with Crippen molar-refractivity contribution in [2.45, 2.75) is 22.7 Å². The number of halogens is 1. The second-order valence-electron chi connectivity index (χ2n) is 6.41. The Morgan fingerprint density at radius 1 is 1.13 bits per heavy atom. The van der Waals surface area contributed by atoms with E-state index in [1.807, 2.05) is 12.1 Å². The number of thioether (sulfide) groups is 2. The van der Waals surface area contributed by atoms with E-state index in [0.717, 1.165) is 36.9 Å². The lowest BCUT2D eigenvalue weighted by Gasteiger charge is -2.05. The van der Waals surface area contributed by atoms with Gasteiger partial charge in [0, 0.05) is 33.0 Å². The van der Waals surface area contributed by atoms with E-state index in [-0.39, 0.29) is 5.91 Å². The highest BCUT2D eigenvalue weighted by Crippen LogP contribution is 2.31. The third-order valence-corrected chi connectivity index (χ3v) is 7.72.